The summed E-state index contributed by atoms with van der Waals surface area (Å²) in [6.45, 7) is 2.94. The van der Waals surface area contributed by atoms with Crippen LogP contribution in [0.4, 0.5) is 0 Å². The molecule has 1 heterocycles. The third kappa shape index (κ3) is 1.97. The Kier molecular flexibility index (Phi) is 2.64. The number of rotatable bonds is 2. The van der Waals surface area contributed by atoms with Crippen LogP contribution in [0.5, 0.6) is 0 Å². The first-order valence-corrected chi connectivity index (χ1v) is 5.08. The third-order valence-electron chi connectivity index (χ3n) is 2.53. The van der Waals surface area contributed by atoms with E-state index in [2.05, 4.69) is 24.1 Å². The summed E-state index contributed by atoms with van der Waals surface area (Å²) >= 11 is 0. The molecule has 1 aliphatic rings. The minimum absolute atomic E-state index is 0.688. The zero-order valence-corrected chi connectivity index (χ0v) is 8.70. The molecule has 2 rings (SSSR count). The Morgan fingerprint density at radius 2 is 2.33 bits per heavy atom. The summed E-state index contributed by atoms with van der Waals surface area (Å²) < 4.78 is 0. The van der Waals surface area contributed by atoms with Gasteiger partial charge in [-0.05, 0) is 30.2 Å². The molecule has 2 heteroatoms. The standard InChI is InChI=1S/C13H12N2/c1-2-10-7-13(15-9-10)12-5-3-4-11(6-12)8-14/h3-7H,2,9H2,1H3. The fourth-order valence-corrected chi connectivity index (χ4v) is 1.61. The molecule has 1 aromatic rings. The summed E-state index contributed by atoms with van der Waals surface area (Å²) in [6.07, 6.45) is 3.17. The molecule has 1 aliphatic heterocycles. The monoisotopic (exact) mass is 196 g/mol. The molecule has 74 valence electrons. The van der Waals surface area contributed by atoms with Gasteiger partial charge in [-0.1, -0.05) is 19.1 Å². The number of nitrogens with zero attached hydrogens (tertiary/aromatic N) is 2. The summed E-state index contributed by atoms with van der Waals surface area (Å²) in [6, 6.07) is 9.72. The van der Waals surface area contributed by atoms with E-state index in [0.29, 0.717) is 5.56 Å². The van der Waals surface area contributed by atoms with E-state index in [-0.39, 0.29) is 0 Å². The molecule has 0 atom stereocenters. The highest BCUT2D eigenvalue weighted by atomic mass is 14.8. The Hall–Kier alpha value is -1.88. The minimum Gasteiger partial charge on any atom is -0.280 e. The predicted octanol–water partition coefficient (Wildman–Crippen LogP) is 2.70. The molecule has 0 spiro atoms. The zero-order valence-electron chi connectivity index (χ0n) is 8.70. The van der Waals surface area contributed by atoms with E-state index in [4.69, 9.17) is 5.26 Å². The molecule has 0 aromatic heterocycles. The van der Waals surface area contributed by atoms with Gasteiger partial charge >= 0.3 is 0 Å². The highest BCUT2D eigenvalue weighted by Crippen LogP contribution is 2.15. The van der Waals surface area contributed by atoms with Crippen LogP contribution in [0.25, 0.3) is 0 Å². The lowest BCUT2D eigenvalue weighted by atomic mass is 10.1. The lowest BCUT2D eigenvalue weighted by Crippen LogP contribution is -1.94. The average molecular weight is 196 g/mol. The third-order valence-corrected chi connectivity index (χ3v) is 2.53. The smallest absolute Gasteiger partial charge is 0.0991 e. The molecule has 15 heavy (non-hydrogen) atoms. The van der Waals surface area contributed by atoms with Gasteiger partial charge in [0.25, 0.3) is 0 Å². The number of hydrogen-bond acceptors (Lipinski definition) is 2. The number of allylic oxidation sites excluding steroid dienone is 1. The van der Waals surface area contributed by atoms with Crippen LogP contribution in [0.3, 0.4) is 0 Å². The molecule has 0 fully saturated rings. The summed E-state index contributed by atoms with van der Waals surface area (Å²) in [7, 11) is 0. The SMILES string of the molecule is CCC1=CC(c2cccc(C#N)c2)=NC1. The molecule has 0 amide bonds. The van der Waals surface area contributed by atoms with E-state index >= 15 is 0 Å². The number of benzene rings is 1. The van der Waals surface area contributed by atoms with Crippen LogP contribution in [-0.4, -0.2) is 12.3 Å². The van der Waals surface area contributed by atoms with E-state index in [1.54, 1.807) is 0 Å². The van der Waals surface area contributed by atoms with Crippen molar-refractivity contribution in [2.24, 2.45) is 4.99 Å². The van der Waals surface area contributed by atoms with Crippen molar-refractivity contribution in [3.05, 3.63) is 47.0 Å². The van der Waals surface area contributed by atoms with Gasteiger partial charge in [0.2, 0.25) is 0 Å². The maximum atomic E-state index is 8.80. The van der Waals surface area contributed by atoms with Gasteiger partial charge in [-0.2, -0.15) is 5.26 Å². The van der Waals surface area contributed by atoms with Crippen molar-refractivity contribution in [1.82, 2.24) is 0 Å². The van der Waals surface area contributed by atoms with Gasteiger partial charge in [0, 0.05) is 5.56 Å². The minimum atomic E-state index is 0.688. The van der Waals surface area contributed by atoms with Crippen LogP contribution in [0, 0.1) is 11.3 Å². The molecule has 0 saturated heterocycles. The summed E-state index contributed by atoms with van der Waals surface area (Å²) in [5, 5.41) is 8.80. The molecule has 2 nitrogen and oxygen atoms in total. The van der Waals surface area contributed by atoms with E-state index in [1.807, 2.05) is 24.3 Å². The van der Waals surface area contributed by atoms with Gasteiger partial charge in [0.15, 0.2) is 0 Å². The largest absolute Gasteiger partial charge is 0.280 e. The van der Waals surface area contributed by atoms with E-state index < -0.39 is 0 Å². The second kappa shape index (κ2) is 4.10. The van der Waals surface area contributed by atoms with Crippen LogP contribution in [0.1, 0.15) is 24.5 Å². The number of hydrogen-bond donors (Lipinski definition) is 0. The highest BCUT2D eigenvalue weighted by Gasteiger charge is 2.08. The summed E-state index contributed by atoms with van der Waals surface area (Å²) in [5.41, 5.74) is 4.09. The first kappa shape index (κ1) is 9.67. The molecular weight excluding hydrogens is 184 g/mol. The lowest BCUT2D eigenvalue weighted by Gasteiger charge is -1.98. The topological polar surface area (TPSA) is 36.1 Å². The Balaban J connectivity index is 2.32. The van der Waals surface area contributed by atoms with Crippen molar-refractivity contribution in [2.45, 2.75) is 13.3 Å². The van der Waals surface area contributed by atoms with Crippen molar-refractivity contribution in [1.29, 1.82) is 5.26 Å². The van der Waals surface area contributed by atoms with Gasteiger partial charge in [0.05, 0.1) is 23.9 Å². The van der Waals surface area contributed by atoms with E-state index in [1.165, 1.54) is 5.57 Å². The van der Waals surface area contributed by atoms with Crippen molar-refractivity contribution < 1.29 is 0 Å². The second-order valence-corrected chi connectivity index (χ2v) is 3.55. The van der Waals surface area contributed by atoms with Crippen LogP contribution >= 0.6 is 0 Å². The molecule has 0 aliphatic carbocycles. The fraction of sp³-hybridized carbons (Fsp3) is 0.231. The molecule has 0 radical (unpaired) electrons. The maximum Gasteiger partial charge on any atom is 0.0991 e. The molecule has 0 bridgehead atoms. The second-order valence-electron chi connectivity index (χ2n) is 3.55. The van der Waals surface area contributed by atoms with Gasteiger partial charge in [-0.3, -0.25) is 4.99 Å². The summed E-state index contributed by atoms with van der Waals surface area (Å²) in [4.78, 5) is 4.45. The normalized spacial score (nSPS) is 14.4. The maximum absolute atomic E-state index is 8.80. The van der Waals surface area contributed by atoms with Gasteiger partial charge in [0.1, 0.15) is 0 Å². The molecule has 1 aromatic carbocycles. The van der Waals surface area contributed by atoms with Crippen LogP contribution in [-0.2, 0) is 0 Å². The van der Waals surface area contributed by atoms with Gasteiger partial charge in [-0.15, -0.1) is 0 Å². The first-order chi connectivity index (χ1) is 7.33. The van der Waals surface area contributed by atoms with Gasteiger partial charge < -0.3 is 0 Å². The quantitative estimate of drug-likeness (QED) is 0.716. The van der Waals surface area contributed by atoms with Crippen molar-refractivity contribution in [3.63, 3.8) is 0 Å². The Morgan fingerprint density at radius 1 is 1.47 bits per heavy atom. The summed E-state index contributed by atoms with van der Waals surface area (Å²) in [5.74, 6) is 0. The number of aliphatic imine (C=N–C) groups is 1. The Labute approximate surface area is 89.6 Å². The first-order valence-electron chi connectivity index (χ1n) is 5.08. The molecule has 0 saturated carbocycles. The Morgan fingerprint density at radius 3 is 3.00 bits per heavy atom. The zero-order chi connectivity index (χ0) is 10.7. The van der Waals surface area contributed by atoms with Crippen LogP contribution < -0.4 is 0 Å². The lowest BCUT2D eigenvalue weighted by molar-refractivity contribution is 1.03. The molecular formula is C13H12N2. The van der Waals surface area contributed by atoms with Crippen LogP contribution in [0.2, 0.25) is 0 Å². The number of nitriles is 1. The Bertz CT molecular complexity index is 476. The van der Waals surface area contributed by atoms with Crippen molar-refractivity contribution in [2.75, 3.05) is 6.54 Å². The van der Waals surface area contributed by atoms with E-state index in [9.17, 15) is 0 Å². The molecule has 0 unspecified atom stereocenters. The fourth-order valence-electron chi connectivity index (χ4n) is 1.61. The average Bonchev–Trinajstić information content (AvgIpc) is 2.78. The van der Waals surface area contributed by atoms with E-state index in [0.717, 1.165) is 24.2 Å². The van der Waals surface area contributed by atoms with Crippen molar-refractivity contribution in [3.8, 4) is 6.07 Å². The van der Waals surface area contributed by atoms with Crippen molar-refractivity contribution >= 4 is 5.71 Å². The van der Waals surface area contributed by atoms with Gasteiger partial charge in [-0.25, -0.2) is 0 Å². The highest BCUT2D eigenvalue weighted by molar-refractivity contribution is 6.10. The molecule has 0 N–H and O–H groups in total. The predicted molar refractivity (Wildman–Crippen MR) is 60.9 cm³/mol. The van der Waals surface area contributed by atoms with Crippen LogP contribution in [0.15, 0.2) is 40.9 Å².